The third-order valence-corrected chi connectivity index (χ3v) is 5.10. The van der Waals surface area contributed by atoms with Crippen LogP contribution in [-0.4, -0.2) is 14.2 Å². The highest BCUT2D eigenvalue weighted by Gasteiger charge is 2.23. The molecule has 19 heavy (non-hydrogen) atoms. The van der Waals surface area contributed by atoms with Gasteiger partial charge in [-0.1, -0.05) is 18.7 Å². The first-order valence-corrected chi connectivity index (χ1v) is 7.55. The van der Waals surface area contributed by atoms with E-state index in [4.69, 9.17) is 0 Å². The van der Waals surface area contributed by atoms with Crippen molar-refractivity contribution in [1.82, 2.24) is 8.94 Å². The third kappa shape index (κ3) is 2.44. The first-order chi connectivity index (χ1) is 9.17. The van der Waals surface area contributed by atoms with E-state index >= 15 is 0 Å². The van der Waals surface area contributed by atoms with Crippen LogP contribution in [0.2, 0.25) is 0 Å². The molecule has 1 aliphatic rings. The molecule has 0 saturated carbocycles. The fourth-order valence-corrected chi connectivity index (χ4v) is 3.84. The second-order valence-corrected chi connectivity index (χ2v) is 6.21. The van der Waals surface area contributed by atoms with Crippen LogP contribution >= 0.6 is 23.3 Å². The summed E-state index contributed by atoms with van der Waals surface area (Å²) < 4.78 is 32.7. The minimum absolute atomic E-state index is 0.144. The highest BCUT2D eigenvalue weighted by Crippen LogP contribution is 2.31. The zero-order valence-corrected chi connectivity index (χ0v) is 11.8. The molecule has 1 atom stereocenters. The molecular formula is C12H11F2N3S2. The van der Waals surface area contributed by atoms with Crippen molar-refractivity contribution in [1.29, 1.82) is 0 Å². The molecule has 0 amide bonds. The molecule has 0 spiro atoms. The van der Waals surface area contributed by atoms with Crippen molar-refractivity contribution in [3.63, 3.8) is 0 Å². The van der Waals surface area contributed by atoms with E-state index in [1.807, 2.05) is 4.57 Å². The zero-order valence-electron chi connectivity index (χ0n) is 10.1. The molecule has 7 heteroatoms. The zero-order chi connectivity index (χ0) is 13.4. The summed E-state index contributed by atoms with van der Waals surface area (Å²) in [5.74, 6) is -1.25. The van der Waals surface area contributed by atoms with Crippen molar-refractivity contribution in [3.05, 3.63) is 34.6 Å². The van der Waals surface area contributed by atoms with Crippen LogP contribution in [0.1, 0.15) is 13.3 Å². The van der Waals surface area contributed by atoms with Gasteiger partial charge in [-0.2, -0.15) is 4.37 Å². The van der Waals surface area contributed by atoms with Gasteiger partial charge in [0.05, 0.1) is 0 Å². The largest absolute Gasteiger partial charge is 0.294 e. The van der Waals surface area contributed by atoms with E-state index in [2.05, 4.69) is 16.3 Å². The van der Waals surface area contributed by atoms with Gasteiger partial charge in [0.15, 0.2) is 11.0 Å². The molecule has 0 saturated heterocycles. The number of nitrogens with zero attached hydrogens (tertiary/aromatic N) is 3. The second kappa shape index (κ2) is 5.05. The van der Waals surface area contributed by atoms with Crippen LogP contribution in [0.15, 0.2) is 28.3 Å². The number of hydrogen-bond acceptors (Lipinski definition) is 4. The van der Waals surface area contributed by atoms with Gasteiger partial charge in [0, 0.05) is 29.4 Å². The first-order valence-electron chi connectivity index (χ1n) is 5.90. The van der Waals surface area contributed by atoms with Crippen LogP contribution < -0.4 is 4.80 Å². The van der Waals surface area contributed by atoms with E-state index in [1.165, 1.54) is 23.7 Å². The van der Waals surface area contributed by atoms with Crippen molar-refractivity contribution < 1.29 is 8.78 Å². The highest BCUT2D eigenvalue weighted by molar-refractivity contribution is 8.00. The average Bonchev–Trinajstić information content (AvgIpc) is 2.93. The Hall–Kier alpha value is -1.21. The van der Waals surface area contributed by atoms with Crippen molar-refractivity contribution in [2.24, 2.45) is 4.99 Å². The van der Waals surface area contributed by atoms with E-state index in [1.54, 1.807) is 11.8 Å². The van der Waals surface area contributed by atoms with E-state index in [-0.39, 0.29) is 5.69 Å². The maximum atomic E-state index is 13.6. The van der Waals surface area contributed by atoms with Crippen LogP contribution in [0.3, 0.4) is 0 Å². The molecular weight excluding hydrogens is 288 g/mol. The molecule has 2 aromatic rings. The quantitative estimate of drug-likeness (QED) is 0.851. The lowest BCUT2D eigenvalue weighted by Crippen LogP contribution is -2.16. The lowest BCUT2D eigenvalue weighted by atomic mass is 10.3. The smallest absolute Gasteiger partial charge is 0.210 e. The summed E-state index contributed by atoms with van der Waals surface area (Å²) >= 11 is 2.96. The van der Waals surface area contributed by atoms with E-state index < -0.39 is 11.6 Å². The van der Waals surface area contributed by atoms with Crippen LogP contribution in [0.5, 0.6) is 0 Å². The number of fused-ring (bicyclic) bond motifs is 1. The number of rotatable bonds is 2. The fraction of sp³-hybridized carbons (Fsp3) is 0.333. The Balaban J connectivity index is 2.02. The first kappa shape index (κ1) is 12.8. The summed E-state index contributed by atoms with van der Waals surface area (Å²) in [6.07, 6.45) is 1.06. The molecule has 1 aromatic heterocycles. The molecule has 100 valence electrons. The Morgan fingerprint density at radius 1 is 1.47 bits per heavy atom. The van der Waals surface area contributed by atoms with Gasteiger partial charge in [-0.25, -0.2) is 13.8 Å². The predicted molar refractivity (Wildman–Crippen MR) is 71.6 cm³/mol. The highest BCUT2D eigenvalue weighted by atomic mass is 32.2. The molecule has 0 aliphatic carbocycles. The Morgan fingerprint density at radius 3 is 3.05 bits per heavy atom. The van der Waals surface area contributed by atoms with Crippen molar-refractivity contribution in [2.75, 3.05) is 0 Å². The van der Waals surface area contributed by atoms with Crippen LogP contribution in [0.25, 0.3) is 0 Å². The minimum Gasteiger partial charge on any atom is -0.294 e. The number of hydrogen-bond donors (Lipinski definition) is 0. The Bertz CT molecular complexity index is 678. The van der Waals surface area contributed by atoms with Gasteiger partial charge < -0.3 is 0 Å². The molecule has 3 rings (SSSR count). The maximum Gasteiger partial charge on any atom is 0.210 e. The van der Waals surface area contributed by atoms with Crippen molar-refractivity contribution in [2.45, 2.75) is 30.3 Å². The van der Waals surface area contributed by atoms with Crippen molar-refractivity contribution >= 4 is 29.0 Å². The molecule has 1 aromatic carbocycles. The number of benzene rings is 1. The van der Waals surface area contributed by atoms with Gasteiger partial charge in [-0.15, -0.1) is 0 Å². The maximum absolute atomic E-state index is 13.6. The minimum atomic E-state index is -0.652. The lowest BCUT2D eigenvalue weighted by Gasteiger charge is -2.01. The molecule has 0 bridgehead atoms. The van der Waals surface area contributed by atoms with E-state index in [0.717, 1.165) is 24.2 Å². The summed E-state index contributed by atoms with van der Waals surface area (Å²) in [4.78, 5) is 4.90. The number of thioether (sulfide) groups is 1. The topological polar surface area (TPSA) is 30.2 Å². The molecule has 0 radical (unpaired) electrons. The van der Waals surface area contributed by atoms with Gasteiger partial charge in [0.25, 0.3) is 0 Å². The predicted octanol–water partition coefficient (Wildman–Crippen LogP) is 3.34. The van der Waals surface area contributed by atoms with E-state index in [9.17, 15) is 8.78 Å². The van der Waals surface area contributed by atoms with Crippen LogP contribution in [0, 0.1) is 11.6 Å². The monoisotopic (exact) mass is 299 g/mol. The molecule has 2 heterocycles. The summed E-state index contributed by atoms with van der Waals surface area (Å²) in [5, 5.41) is 1.43. The molecule has 1 unspecified atom stereocenters. The molecule has 0 N–H and O–H groups in total. The normalized spacial score (nSPS) is 18.9. The Morgan fingerprint density at radius 2 is 2.32 bits per heavy atom. The van der Waals surface area contributed by atoms with Crippen molar-refractivity contribution in [3.8, 4) is 0 Å². The number of aromatic nitrogens is 2. The molecule has 0 fully saturated rings. The van der Waals surface area contributed by atoms with Gasteiger partial charge in [0.1, 0.15) is 11.5 Å². The molecule has 3 nitrogen and oxygen atoms in total. The van der Waals surface area contributed by atoms with Gasteiger partial charge >= 0.3 is 0 Å². The summed E-state index contributed by atoms with van der Waals surface area (Å²) in [5.41, 5.74) is 0.144. The molecule has 1 aliphatic heterocycles. The summed E-state index contributed by atoms with van der Waals surface area (Å²) in [6, 6.07) is 3.39. The SMILES string of the molecule is CCC1Cn2c(nsc2=Nc2ccc(F)cc2F)S1. The standard InChI is InChI=1S/C12H11F2N3S2/c1-2-8-6-17-11(19-16-12(17)18-8)15-10-4-3-7(13)5-9(10)14/h3-5,8H,2,6H2,1H3. The third-order valence-electron chi connectivity index (χ3n) is 2.91. The average molecular weight is 299 g/mol. The van der Waals surface area contributed by atoms with Gasteiger partial charge in [-0.05, 0) is 18.6 Å². The van der Waals surface area contributed by atoms with Gasteiger partial charge in [-0.3, -0.25) is 4.57 Å². The van der Waals surface area contributed by atoms with E-state index in [0.29, 0.717) is 10.1 Å². The summed E-state index contributed by atoms with van der Waals surface area (Å²) in [7, 11) is 0. The summed E-state index contributed by atoms with van der Waals surface area (Å²) in [6.45, 7) is 2.97. The second-order valence-electron chi connectivity index (χ2n) is 4.21. The lowest BCUT2D eigenvalue weighted by molar-refractivity contribution is 0.582. The van der Waals surface area contributed by atoms with Gasteiger partial charge in [0.2, 0.25) is 4.80 Å². The Labute approximate surface area is 117 Å². The number of halogens is 2. The van der Waals surface area contributed by atoms with Crippen LogP contribution in [-0.2, 0) is 6.54 Å². The fourth-order valence-electron chi connectivity index (χ4n) is 1.86. The Kier molecular flexibility index (Phi) is 3.40. The van der Waals surface area contributed by atoms with Crippen LogP contribution in [0.4, 0.5) is 14.5 Å².